The summed E-state index contributed by atoms with van der Waals surface area (Å²) in [6.45, 7) is 1.84. The topological polar surface area (TPSA) is 36.9 Å². The lowest BCUT2D eigenvalue weighted by molar-refractivity contribution is 0.256. The average molecular weight is 729 g/mol. The first-order chi connectivity index (χ1) is 27.7. The van der Waals surface area contributed by atoms with E-state index >= 15 is 0 Å². The standard InChI is InChI=1S/C52H40O4/c1-5-13-35(14-6-1)31-53-49-27-39-23-45-43-21-22-44(46(45)24-40(39)28-50(49)54-32-36-15-7-2-8-16-36)48-26-42-30-52(56-34-38-19-11-4-12-20-38)51(29-41(42)25-47(43)48)55-33-37-17-9-3-10-18-37/h1-30,43-44H,31-34H2. The zero-order chi connectivity index (χ0) is 37.3. The molecule has 11 rings (SSSR count). The van der Waals surface area contributed by atoms with Crippen LogP contribution in [0.2, 0.25) is 0 Å². The predicted octanol–water partition coefficient (Wildman–Crippen LogP) is 12.5. The van der Waals surface area contributed by atoms with Crippen LogP contribution in [0.25, 0.3) is 21.5 Å². The Labute approximate surface area is 327 Å². The van der Waals surface area contributed by atoms with Crippen molar-refractivity contribution in [3.63, 3.8) is 0 Å². The van der Waals surface area contributed by atoms with E-state index in [4.69, 9.17) is 18.9 Å². The van der Waals surface area contributed by atoms with Crippen molar-refractivity contribution in [2.45, 2.75) is 38.3 Å². The third kappa shape index (κ3) is 6.75. The molecular weight excluding hydrogens is 689 g/mol. The van der Waals surface area contributed by atoms with E-state index < -0.39 is 0 Å². The van der Waals surface area contributed by atoms with E-state index in [1.165, 1.54) is 22.3 Å². The zero-order valence-corrected chi connectivity index (χ0v) is 30.9. The van der Waals surface area contributed by atoms with Gasteiger partial charge in [-0.05, 0) is 115 Å². The van der Waals surface area contributed by atoms with E-state index in [1.54, 1.807) is 0 Å². The molecule has 8 aromatic rings. The smallest absolute Gasteiger partial charge is 0.162 e. The predicted molar refractivity (Wildman–Crippen MR) is 224 cm³/mol. The maximum absolute atomic E-state index is 6.48. The highest BCUT2D eigenvalue weighted by atomic mass is 16.5. The molecule has 0 spiro atoms. The molecule has 0 N–H and O–H groups in total. The minimum absolute atomic E-state index is 0.143. The van der Waals surface area contributed by atoms with Crippen molar-refractivity contribution in [2.75, 3.05) is 0 Å². The number of hydrogen-bond donors (Lipinski definition) is 0. The van der Waals surface area contributed by atoms with Gasteiger partial charge in [0.05, 0.1) is 0 Å². The molecule has 0 aliphatic heterocycles. The first-order valence-electron chi connectivity index (χ1n) is 19.3. The second-order valence-electron chi connectivity index (χ2n) is 14.7. The van der Waals surface area contributed by atoms with Crippen LogP contribution < -0.4 is 18.9 Å². The summed E-state index contributed by atoms with van der Waals surface area (Å²) >= 11 is 0. The van der Waals surface area contributed by atoms with E-state index in [1.807, 2.05) is 72.8 Å². The highest BCUT2D eigenvalue weighted by Crippen LogP contribution is 2.52. The van der Waals surface area contributed by atoms with Gasteiger partial charge in [0.25, 0.3) is 0 Å². The summed E-state index contributed by atoms with van der Waals surface area (Å²) in [6, 6.07) is 59.2. The lowest BCUT2D eigenvalue weighted by atomic mass is 9.67. The van der Waals surface area contributed by atoms with Gasteiger partial charge in [0, 0.05) is 11.8 Å². The highest BCUT2D eigenvalue weighted by molar-refractivity contribution is 5.92. The normalized spacial score (nSPS) is 15.0. The molecule has 56 heavy (non-hydrogen) atoms. The fourth-order valence-electron chi connectivity index (χ4n) is 8.13. The summed E-state index contributed by atoms with van der Waals surface area (Å²) in [6.07, 6.45) is 4.75. The summed E-state index contributed by atoms with van der Waals surface area (Å²) in [5, 5.41) is 4.55. The van der Waals surface area contributed by atoms with Gasteiger partial charge in [-0.15, -0.1) is 0 Å². The van der Waals surface area contributed by atoms with Crippen LogP contribution in [0.1, 0.15) is 56.3 Å². The van der Waals surface area contributed by atoms with Gasteiger partial charge < -0.3 is 18.9 Å². The fraction of sp³-hybridized carbons (Fsp3) is 0.115. The minimum Gasteiger partial charge on any atom is -0.485 e. The summed E-state index contributed by atoms with van der Waals surface area (Å²) in [7, 11) is 0. The fourth-order valence-corrected chi connectivity index (χ4v) is 8.13. The Morgan fingerprint density at radius 3 is 0.750 bits per heavy atom. The average Bonchev–Trinajstić information content (AvgIpc) is 3.26. The molecule has 0 radical (unpaired) electrons. The maximum Gasteiger partial charge on any atom is 0.162 e. The number of ether oxygens (including phenoxy) is 4. The number of allylic oxidation sites excluding steroid dienone is 2. The van der Waals surface area contributed by atoms with Crippen LogP contribution in [0.15, 0.2) is 182 Å². The van der Waals surface area contributed by atoms with Crippen molar-refractivity contribution in [1.29, 1.82) is 0 Å². The van der Waals surface area contributed by atoms with E-state index in [0.29, 0.717) is 26.4 Å². The Balaban J connectivity index is 1.01. The summed E-state index contributed by atoms with van der Waals surface area (Å²) in [5.74, 6) is 3.26. The third-order valence-corrected chi connectivity index (χ3v) is 11.0. The van der Waals surface area contributed by atoms with Gasteiger partial charge in [0.1, 0.15) is 26.4 Å². The van der Waals surface area contributed by atoms with Crippen LogP contribution >= 0.6 is 0 Å². The van der Waals surface area contributed by atoms with Crippen molar-refractivity contribution in [3.05, 3.63) is 227 Å². The lowest BCUT2D eigenvalue weighted by Gasteiger charge is -2.37. The second kappa shape index (κ2) is 14.8. The molecular formula is C52H40O4. The van der Waals surface area contributed by atoms with Crippen molar-refractivity contribution in [3.8, 4) is 23.0 Å². The molecule has 272 valence electrons. The van der Waals surface area contributed by atoms with E-state index in [-0.39, 0.29) is 11.8 Å². The maximum atomic E-state index is 6.48. The molecule has 0 saturated carbocycles. The molecule has 0 aromatic heterocycles. The summed E-state index contributed by atoms with van der Waals surface area (Å²) in [4.78, 5) is 0. The molecule has 4 nitrogen and oxygen atoms in total. The molecule has 4 heteroatoms. The van der Waals surface area contributed by atoms with Crippen LogP contribution in [-0.2, 0) is 26.4 Å². The van der Waals surface area contributed by atoms with Gasteiger partial charge in [-0.1, -0.05) is 133 Å². The molecule has 8 aromatic carbocycles. The van der Waals surface area contributed by atoms with Crippen LogP contribution in [0.4, 0.5) is 0 Å². The highest BCUT2D eigenvalue weighted by Gasteiger charge is 2.34. The van der Waals surface area contributed by atoms with E-state index in [9.17, 15) is 0 Å². The second-order valence-corrected chi connectivity index (χ2v) is 14.7. The number of fused-ring (bicyclic) bond motifs is 2. The van der Waals surface area contributed by atoms with Gasteiger partial charge in [-0.25, -0.2) is 0 Å². The quantitative estimate of drug-likeness (QED) is 0.117. The largest absolute Gasteiger partial charge is 0.485 e. The van der Waals surface area contributed by atoms with Crippen molar-refractivity contribution in [2.24, 2.45) is 0 Å². The number of hydrogen-bond acceptors (Lipinski definition) is 4. The Morgan fingerprint density at radius 2 is 0.518 bits per heavy atom. The first-order valence-corrected chi connectivity index (χ1v) is 19.3. The zero-order valence-electron chi connectivity index (χ0n) is 30.9. The Kier molecular flexibility index (Phi) is 8.93. The Bertz CT molecular complexity index is 2320. The first kappa shape index (κ1) is 33.8. The molecule has 0 heterocycles. The molecule has 0 atom stereocenters. The molecule has 0 amide bonds. The minimum atomic E-state index is 0.143. The number of benzene rings is 8. The monoisotopic (exact) mass is 728 g/mol. The van der Waals surface area contributed by atoms with Crippen LogP contribution in [-0.4, -0.2) is 0 Å². The van der Waals surface area contributed by atoms with Gasteiger partial charge in [0.2, 0.25) is 0 Å². The molecule has 0 unspecified atom stereocenters. The SMILES string of the molecule is C1=CC2c3cc4cc(OCc5ccccc5)c(OCc5ccccc5)cc4cc3C1c1cc3cc(OCc4ccccc4)c(OCc4ccccc4)cc3cc12. The van der Waals surface area contributed by atoms with Gasteiger partial charge in [-0.2, -0.15) is 0 Å². The van der Waals surface area contributed by atoms with Gasteiger partial charge in [0.15, 0.2) is 23.0 Å². The molecule has 0 saturated heterocycles. The van der Waals surface area contributed by atoms with E-state index in [0.717, 1.165) is 66.8 Å². The molecule has 3 aliphatic rings. The Hall–Kier alpha value is -6.78. The molecule has 3 aliphatic carbocycles. The van der Waals surface area contributed by atoms with Crippen molar-refractivity contribution >= 4 is 21.5 Å². The van der Waals surface area contributed by atoms with Crippen molar-refractivity contribution < 1.29 is 18.9 Å². The van der Waals surface area contributed by atoms with Gasteiger partial charge >= 0.3 is 0 Å². The summed E-state index contributed by atoms with van der Waals surface area (Å²) in [5.41, 5.74) is 9.81. The lowest BCUT2D eigenvalue weighted by Crippen LogP contribution is -2.20. The molecule has 0 fully saturated rings. The van der Waals surface area contributed by atoms with Crippen LogP contribution in [0, 0.1) is 0 Å². The van der Waals surface area contributed by atoms with Crippen molar-refractivity contribution in [1.82, 2.24) is 0 Å². The van der Waals surface area contributed by atoms with Crippen LogP contribution in [0.3, 0.4) is 0 Å². The molecule has 2 bridgehead atoms. The number of rotatable bonds is 12. The summed E-state index contributed by atoms with van der Waals surface area (Å²) < 4.78 is 25.9. The third-order valence-electron chi connectivity index (χ3n) is 11.0. The van der Waals surface area contributed by atoms with Gasteiger partial charge in [-0.3, -0.25) is 0 Å². The van der Waals surface area contributed by atoms with E-state index in [2.05, 4.69) is 109 Å². The Morgan fingerprint density at radius 1 is 0.286 bits per heavy atom. The van der Waals surface area contributed by atoms with Crippen LogP contribution in [0.5, 0.6) is 23.0 Å².